The highest BCUT2D eigenvalue weighted by molar-refractivity contribution is 5.88. The number of pyridine rings is 2. The lowest BCUT2D eigenvalue weighted by Gasteiger charge is -2.31. The minimum absolute atomic E-state index is 0. The predicted octanol–water partition coefficient (Wildman–Crippen LogP) is 9.49. The predicted molar refractivity (Wildman–Crippen MR) is 227 cm³/mol. The monoisotopic (exact) mass is 831 g/mol. The molecule has 1 amide bonds. The van der Waals surface area contributed by atoms with Gasteiger partial charge in [0, 0.05) is 37.3 Å². The van der Waals surface area contributed by atoms with E-state index in [4.69, 9.17) is 19.2 Å². The van der Waals surface area contributed by atoms with Gasteiger partial charge in [-0.25, -0.2) is 24.4 Å². The second kappa shape index (κ2) is 24.9. The molecule has 0 fully saturated rings. The van der Waals surface area contributed by atoms with E-state index >= 15 is 0 Å². The van der Waals surface area contributed by atoms with E-state index in [0.717, 1.165) is 87.1 Å². The van der Waals surface area contributed by atoms with Crippen molar-refractivity contribution in [3.8, 4) is 0 Å². The Labute approximate surface area is 351 Å². The molecule has 0 radical (unpaired) electrons. The van der Waals surface area contributed by atoms with Crippen LogP contribution in [-0.4, -0.2) is 84.4 Å². The zero-order valence-corrected chi connectivity index (χ0v) is 36.5. The molecule has 0 aromatic carbocycles. The van der Waals surface area contributed by atoms with Crippen molar-refractivity contribution in [2.75, 3.05) is 37.5 Å². The molecule has 15 nitrogen and oxygen atoms in total. The number of hydrogen-bond acceptors (Lipinski definition) is 14. The Hall–Kier alpha value is -4.95. The van der Waals surface area contributed by atoms with Crippen LogP contribution in [0, 0.1) is 0 Å². The van der Waals surface area contributed by atoms with Crippen LogP contribution in [0.4, 0.5) is 26.0 Å². The number of carbonyl (C=O) groups is 5. The summed E-state index contributed by atoms with van der Waals surface area (Å²) in [5, 5.41) is 3.34. The SMILES string of the molecule is C.CC(C)(C)OC(=O)OC(=O)OC(C)(C)C.COC(=O)CCCCc1ccc2c(n1)N(C(=O)OC(C)(C)C)CCC2.COC(=O)CCCCc1ccc2c(n1)NCCC2. The van der Waals surface area contributed by atoms with Crippen LogP contribution in [0.15, 0.2) is 24.3 Å². The van der Waals surface area contributed by atoms with Crippen LogP contribution in [-0.2, 0) is 63.7 Å². The number of rotatable bonds is 10. The summed E-state index contributed by atoms with van der Waals surface area (Å²) in [6.07, 6.45) is 7.75. The average molecular weight is 831 g/mol. The second-order valence-electron chi connectivity index (χ2n) is 17.0. The molecule has 4 rings (SSSR count). The van der Waals surface area contributed by atoms with E-state index in [2.05, 4.69) is 42.7 Å². The van der Waals surface area contributed by atoms with Gasteiger partial charge in [-0.3, -0.25) is 14.5 Å². The molecule has 2 aliphatic heterocycles. The van der Waals surface area contributed by atoms with Gasteiger partial charge in [0.1, 0.15) is 28.4 Å². The van der Waals surface area contributed by atoms with Crippen LogP contribution in [0.2, 0.25) is 0 Å². The topological polar surface area (TPSA) is 182 Å². The summed E-state index contributed by atoms with van der Waals surface area (Å²) in [5.74, 6) is 1.45. The van der Waals surface area contributed by atoms with Gasteiger partial charge in [0.05, 0.1) is 14.2 Å². The smallest absolute Gasteiger partial charge is 0.469 e. The summed E-state index contributed by atoms with van der Waals surface area (Å²) < 4.78 is 28.6. The molecule has 0 spiro atoms. The number of esters is 2. The number of nitrogens with zero attached hydrogens (tertiary/aromatic N) is 3. The molecule has 59 heavy (non-hydrogen) atoms. The van der Waals surface area contributed by atoms with Gasteiger partial charge in [0.15, 0.2) is 0 Å². The normalized spacial score (nSPS) is 13.1. The molecule has 0 aliphatic carbocycles. The maximum absolute atomic E-state index is 12.5. The molecule has 0 bridgehead atoms. The van der Waals surface area contributed by atoms with E-state index in [1.54, 1.807) is 46.4 Å². The molecule has 2 aromatic rings. The van der Waals surface area contributed by atoms with E-state index in [1.165, 1.54) is 26.2 Å². The van der Waals surface area contributed by atoms with E-state index < -0.39 is 29.1 Å². The lowest BCUT2D eigenvalue weighted by Crippen LogP contribution is -2.40. The third-order valence-electron chi connectivity index (χ3n) is 8.19. The highest BCUT2D eigenvalue weighted by atomic mass is 16.8. The van der Waals surface area contributed by atoms with Gasteiger partial charge in [0.25, 0.3) is 0 Å². The number of aryl methyl sites for hydroxylation is 4. The first-order valence-electron chi connectivity index (χ1n) is 20.1. The van der Waals surface area contributed by atoms with Crippen molar-refractivity contribution in [3.05, 3.63) is 46.8 Å². The Balaban J connectivity index is 0.000000456. The first kappa shape index (κ1) is 52.1. The summed E-state index contributed by atoms with van der Waals surface area (Å²) in [7, 11) is 2.83. The minimum Gasteiger partial charge on any atom is -0.469 e. The van der Waals surface area contributed by atoms with Gasteiger partial charge in [-0.05, 0) is 150 Å². The van der Waals surface area contributed by atoms with Crippen molar-refractivity contribution in [1.29, 1.82) is 0 Å². The number of anilines is 2. The van der Waals surface area contributed by atoms with Crippen LogP contribution < -0.4 is 10.2 Å². The maximum atomic E-state index is 12.5. The Kier molecular flexibility index (Phi) is 21.9. The molecule has 1 N–H and O–H groups in total. The van der Waals surface area contributed by atoms with Gasteiger partial charge in [-0.1, -0.05) is 19.6 Å². The molecule has 332 valence electrons. The van der Waals surface area contributed by atoms with Crippen LogP contribution in [0.25, 0.3) is 0 Å². The largest absolute Gasteiger partial charge is 0.519 e. The number of methoxy groups -OCH3 is 2. The van der Waals surface area contributed by atoms with Gasteiger partial charge < -0.3 is 33.7 Å². The summed E-state index contributed by atoms with van der Waals surface area (Å²) >= 11 is 0. The zero-order chi connectivity index (χ0) is 43.5. The zero-order valence-electron chi connectivity index (χ0n) is 36.5. The summed E-state index contributed by atoms with van der Waals surface area (Å²) in [6.45, 7) is 17.3. The Morgan fingerprint density at radius 3 is 1.61 bits per heavy atom. The molecular weight excluding hydrogens is 761 g/mol. The third-order valence-corrected chi connectivity index (χ3v) is 8.19. The lowest BCUT2D eigenvalue weighted by molar-refractivity contribution is -0.141. The fourth-order valence-corrected chi connectivity index (χ4v) is 5.59. The van der Waals surface area contributed by atoms with Crippen molar-refractivity contribution in [2.24, 2.45) is 0 Å². The van der Waals surface area contributed by atoms with Gasteiger partial charge >= 0.3 is 30.3 Å². The molecule has 4 heterocycles. The quantitative estimate of drug-likeness (QED) is 0.103. The van der Waals surface area contributed by atoms with Crippen LogP contribution in [0.5, 0.6) is 0 Å². The van der Waals surface area contributed by atoms with E-state index in [-0.39, 0.29) is 25.5 Å². The molecule has 0 atom stereocenters. The maximum Gasteiger partial charge on any atom is 0.519 e. The molecule has 0 saturated carbocycles. The average Bonchev–Trinajstić information content (AvgIpc) is 3.12. The van der Waals surface area contributed by atoms with Crippen molar-refractivity contribution in [3.63, 3.8) is 0 Å². The Morgan fingerprint density at radius 1 is 0.644 bits per heavy atom. The minimum atomic E-state index is -1.06. The molecule has 15 heteroatoms. The molecule has 2 aromatic heterocycles. The first-order chi connectivity index (χ1) is 27.1. The second-order valence-corrected chi connectivity index (χ2v) is 17.0. The van der Waals surface area contributed by atoms with Gasteiger partial charge in [-0.2, -0.15) is 0 Å². The van der Waals surface area contributed by atoms with Crippen molar-refractivity contribution < 1.29 is 52.4 Å². The fourth-order valence-electron chi connectivity index (χ4n) is 5.59. The number of ether oxygens (including phenoxy) is 6. The number of hydrogen-bond donors (Lipinski definition) is 1. The lowest BCUT2D eigenvalue weighted by atomic mass is 10.0. The Bertz CT molecular complexity index is 1630. The van der Waals surface area contributed by atoms with Crippen LogP contribution >= 0.6 is 0 Å². The number of fused-ring (bicyclic) bond motifs is 2. The van der Waals surface area contributed by atoms with Crippen molar-refractivity contribution in [2.45, 2.75) is 164 Å². The van der Waals surface area contributed by atoms with Crippen LogP contribution in [0.3, 0.4) is 0 Å². The van der Waals surface area contributed by atoms with Gasteiger partial charge in [0.2, 0.25) is 0 Å². The van der Waals surface area contributed by atoms with Crippen molar-refractivity contribution >= 4 is 42.0 Å². The summed E-state index contributed by atoms with van der Waals surface area (Å²) in [5.41, 5.74) is 2.51. The summed E-state index contributed by atoms with van der Waals surface area (Å²) in [6, 6.07) is 8.33. The number of nitrogens with one attached hydrogen (secondary N) is 1. The van der Waals surface area contributed by atoms with E-state index in [9.17, 15) is 24.0 Å². The highest BCUT2D eigenvalue weighted by Gasteiger charge is 2.29. The molecular formula is C44H70N4O11. The first-order valence-corrected chi connectivity index (χ1v) is 20.1. The van der Waals surface area contributed by atoms with E-state index in [1.807, 2.05) is 26.8 Å². The standard InChI is InChI=1S/C19H28N2O4.C14H20N2O2.C10H18O5.CH4/c1-19(2,3)25-18(23)21-13-7-8-14-11-12-15(20-17(14)21)9-5-6-10-16(22)24-4;1-18-13(17)7-3-2-6-12-9-8-11-5-4-10-15-14(11)16-12;1-9(2,3)14-7(11)13-8(12)15-10(4,5)6;/h11-12H,5-10,13H2,1-4H3;8-9H,2-7,10H2,1H3,(H,15,16);1-6H3;1H4. The summed E-state index contributed by atoms with van der Waals surface area (Å²) in [4.78, 5) is 67.6. The van der Waals surface area contributed by atoms with Gasteiger partial charge in [-0.15, -0.1) is 0 Å². The number of aromatic nitrogens is 2. The third kappa shape index (κ3) is 22.1. The number of carbonyl (C=O) groups excluding carboxylic acids is 5. The molecule has 0 unspecified atom stereocenters. The Morgan fingerprint density at radius 2 is 1.12 bits per heavy atom. The van der Waals surface area contributed by atoms with Crippen molar-refractivity contribution in [1.82, 2.24) is 9.97 Å². The van der Waals surface area contributed by atoms with Crippen LogP contribution in [0.1, 0.15) is 144 Å². The molecule has 0 saturated heterocycles. The van der Waals surface area contributed by atoms with E-state index in [0.29, 0.717) is 25.2 Å². The molecule has 2 aliphatic rings. The highest BCUT2D eigenvalue weighted by Crippen LogP contribution is 2.28. The number of unbranched alkanes of at least 4 members (excludes halogenated alkanes) is 2. The number of amides is 1. The fraction of sp³-hybridized carbons (Fsp3) is 0.659.